The third kappa shape index (κ3) is 4.32. The Morgan fingerprint density at radius 1 is 1.42 bits per heavy atom. The second-order valence-electron chi connectivity index (χ2n) is 4.91. The zero-order chi connectivity index (χ0) is 13.7. The number of rotatable bonds is 6. The van der Waals surface area contributed by atoms with Crippen molar-refractivity contribution in [2.45, 2.75) is 31.7 Å². The van der Waals surface area contributed by atoms with Crippen molar-refractivity contribution >= 4 is 27.5 Å². The Morgan fingerprint density at radius 3 is 2.89 bits per heavy atom. The molecule has 0 spiro atoms. The number of halogens is 2. The number of allylic oxidation sites excluding steroid dienone is 1. The van der Waals surface area contributed by atoms with E-state index in [-0.39, 0.29) is 6.04 Å². The monoisotopic (exact) mass is 342 g/mol. The van der Waals surface area contributed by atoms with Gasteiger partial charge in [-0.2, -0.15) is 0 Å². The Morgan fingerprint density at radius 2 is 2.26 bits per heavy atom. The number of hydrogen-bond acceptors (Lipinski definition) is 2. The molecule has 1 aliphatic carbocycles. The van der Waals surface area contributed by atoms with E-state index in [1.807, 2.05) is 18.2 Å². The summed E-state index contributed by atoms with van der Waals surface area (Å²) in [4.78, 5) is 0. The minimum absolute atomic E-state index is 0.127. The molecule has 2 rings (SSSR count). The molecule has 0 aliphatic heterocycles. The lowest BCUT2D eigenvalue weighted by Crippen LogP contribution is -2.29. The highest BCUT2D eigenvalue weighted by Gasteiger charge is 2.13. The lowest BCUT2D eigenvalue weighted by molar-refractivity contribution is 0.542. The first-order valence-corrected chi connectivity index (χ1v) is 7.94. The first-order chi connectivity index (χ1) is 9.20. The van der Waals surface area contributed by atoms with Crippen molar-refractivity contribution in [3.05, 3.63) is 44.9 Å². The van der Waals surface area contributed by atoms with Gasteiger partial charge >= 0.3 is 0 Å². The lowest BCUT2D eigenvalue weighted by atomic mass is 10.1. The molecule has 19 heavy (non-hydrogen) atoms. The first kappa shape index (κ1) is 15.0. The van der Waals surface area contributed by atoms with E-state index in [1.54, 1.807) is 5.57 Å². The van der Waals surface area contributed by atoms with Gasteiger partial charge in [0.15, 0.2) is 0 Å². The molecule has 0 radical (unpaired) electrons. The van der Waals surface area contributed by atoms with Gasteiger partial charge in [0, 0.05) is 22.1 Å². The van der Waals surface area contributed by atoms with Crippen molar-refractivity contribution in [2.75, 3.05) is 13.1 Å². The van der Waals surface area contributed by atoms with Gasteiger partial charge in [0.2, 0.25) is 0 Å². The molecule has 0 heterocycles. The average molecular weight is 344 g/mol. The van der Waals surface area contributed by atoms with Crippen LogP contribution in [0.2, 0.25) is 5.02 Å². The summed E-state index contributed by atoms with van der Waals surface area (Å²) in [6.45, 7) is 1.51. The molecular weight excluding hydrogens is 324 g/mol. The van der Waals surface area contributed by atoms with Gasteiger partial charge in [0.05, 0.1) is 0 Å². The minimum Gasteiger partial charge on any atom is -0.329 e. The van der Waals surface area contributed by atoms with Crippen LogP contribution in [0.15, 0.2) is 34.3 Å². The van der Waals surface area contributed by atoms with E-state index in [0.717, 1.165) is 28.0 Å². The summed E-state index contributed by atoms with van der Waals surface area (Å²) in [5.41, 5.74) is 8.51. The normalized spacial score (nSPS) is 16.5. The van der Waals surface area contributed by atoms with Crippen LogP contribution in [0, 0.1) is 0 Å². The highest BCUT2D eigenvalue weighted by atomic mass is 79.9. The topological polar surface area (TPSA) is 38.0 Å². The molecular formula is C15H20BrClN2. The smallest absolute Gasteiger partial charge is 0.0465 e. The van der Waals surface area contributed by atoms with Crippen LogP contribution >= 0.6 is 27.5 Å². The van der Waals surface area contributed by atoms with Gasteiger partial charge in [-0.3, -0.25) is 0 Å². The number of nitrogens with one attached hydrogen (secondary N) is 1. The Kier molecular flexibility index (Phi) is 5.89. The first-order valence-electron chi connectivity index (χ1n) is 6.77. The van der Waals surface area contributed by atoms with Crippen LogP contribution in [-0.2, 0) is 0 Å². The predicted octanol–water partition coefficient (Wildman–Crippen LogP) is 4.19. The predicted molar refractivity (Wildman–Crippen MR) is 85.5 cm³/mol. The van der Waals surface area contributed by atoms with Crippen molar-refractivity contribution in [1.29, 1.82) is 0 Å². The van der Waals surface area contributed by atoms with E-state index in [0.29, 0.717) is 6.54 Å². The van der Waals surface area contributed by atoms with Crippen LogP contribution in [0.25, 0.3) is 0 Å². The average Bonchev–Trinajstić information content (AvgIpc) is 2.89. The van der Waals surface area contributed by atoms with Gasteiger partial charge in [0.25, 0.3) is 0 Å². The van der Waals surface area contributed by atoms with Crippen molar-refractivity contribution in [3.8, 4) is 0 Å². The third-order valence-corrected chi connectivity index (χ3v) is 4.37. The van der Waals surface area contributed by atoms with E-state index in [9.17, 15) is 0 Å². The minimum atomic E-state index is 0.127. The summed E-state index contributed by atoms with van der Waals surface area (Å²) < 4.78 is 0.994. The van der Waals surface area contributed by atoms with Crippen molar-refractivity contribution in [2.24, 2.45) is 5.73 Å². The molecule has 1 aliphatic rings. The molecule has 3 N–H and O–H groups in total. The second kappa shape index (κ2) is 7.44. The van der Waals surface area contributed by atoms with E-state index in [4.69, 9.17) is 17.3 Å². The molecule has 1 atom stereocenters. The summed E-state index contributed by atoms with van der Waals surface area (Å²) in [6.07, 6.45) is 7.30. The molecule has 4 heteroatoms. The van der Waals surface area contributed by atoms with Crippen LogP contribution in [0.3, 0.4) is 0 Å². The van der Waals surface area contributed by atoms with Crippen molar-refractivity contribution < 1.29 is 0 Å². The highest BCUT2D eigenvalue weighted by Crippen LogP contribution is 2.26. The summed E-state index contributed by atoms with van der Waals surface area (Å²) in [6, 6.07) is 6.08. The molecule has 0 saturated heterocycles. The molecule has 0 amide bonds. The van der Waals surface area contributed by atoms with Crippen LogP contribution in [-0.4, -0.2) is 13.1 Å². The second-order valence-corrected chi connectivity index (χ2v) is 6.24. The summed E-state index contributed by atoms with van der Waals surface area (Å²) in [5, 5.41) is 4.27. The molecule has 104 valence electrons. The van der Waals surface area contributed by atoms with Crippen LogP contribution in [0.4, 0.5) is 0 Å². The number of nitrogens with two attached hydrogens (primary N) is 1. The molecule has 0 bridgehead atoms. The fourth-order valence-corrected chi connectivity index (χ4v) is 3.28. The van der Waals surface area contributed by atoms with Crippen LogP contribution < -0.4 is 11.1 Å². The van der Waals surface area contributed by atoms with Gasteiger partial charge in [-0.15, -0.1) is 0 Å². The van der Waals surface area contributed by atoms with Gasteiger partial charge in [-0.05, 0) is 49.9 Å². The Bertz CT molecular complexity index is 459. The van der Waals surface area contributed by atoms with Crippen LogP contribution in [0.5, 0.6) is 0 Å². The fraction of sp³-hybridized carbons (Fsp3) is 0.467. The molecule has 0 aromatic heterocycles. The summed E-state index contributed by atoms with van der Waals surface area (Å²) >= 11 is 9.69. The standard InChI is InChI=1S/C15H20BrClN2/c16-12-5-6-13(14(17)9-12)15(10-18)19-8-7-11-3-1-2-4-11/h3,5-6,9,15,19H,1-2,4,7-8,10,18H2. The maximum atomic E-state index is 6.27. The molecule has 0 fully saturated rings. The molecule has 0 saturated carbocycles. The van der Waals surface area contributed by atoms with Gasteiger partial charge in [-0.1, -0.05) is 45.2 Å². The van der Waals surface area contributed by atoms with Crippen molar-refractivity contribution in [3.63, 3.8) is 0 Å². The van der Waals surface area contributed by atoms with E-state index in [1.165, 1.54) is 19.3 Å². The molecule has 1 aromatic rings. The Labute approximate surface area is 128 Å². The summed E-state index contributed by atoms with van der Waals surface area (Å²) in [7, 11) is 0. The summed E-state index contributed by atoms with van der Waals surface area (Å²) in [5.74, 6) is 0. The van der Waals surface area contributed by atoms with Gasteiger partial charge in [-0.25, -0.2) is 0 Å². The van der Waals surface area contributed by atoms with E-state index < -0.39 is 0 Å². The Hall–Kier alpha value is -0.350. The number of benzene rings is 1. The Balaban J connectivity index is 1.91. The molecule has 1 unspecified atom stereocenters. The zero-order valence-electron chi connectivity index (χ0n) is 11.0. The third-order valence-electron chi connectivity index (χ3n) is 3.55. The lowest BCUT2D eigenvalue weighted by Gasteiger charge is -2.19. The van der Waals surface area contributed by atoms with E-state index in [2.05, 4.69) is 27.3 Å². The van der Waals surface area contributed by atoms with Crippen LogP contribution in [0.1, 0.15) is 37.3 Å². The fourth-order valence-electron chi connectivity index (χ4n) is 2.48. The van der Waals surface area contributed by atoms with Crippen molar-refractivity contribution in [1.82, 2.24) is 5.32 Å². The molecule has 2 nitrogen and oxygen atoms in total. The van der Waals surface area contributed by atoms with Gasteiger partial charge in [0.1, 0.15) is 0 Å². The van der Waals surface area contributed by atoms with Gasteiger partial charge < -0.3 is 11.1 Å². The maximum Gasteiger partial charge on any atom is 0.0465 e. The highest BCUT2D eigenvalue weighted by molar-refractivity contribution is 9.10. The quantitative estimate of drug-likeness (QED) is 0.760. The SMILES string of the molecule is NCC(NCCC1=CCCC1)c1ccc(Br)cc1Cl. The number of hydrogen-bond donors (Lipinski definition) is 2. The molecule has 1 aromatic carbocycles. The largest absolute Gasteiger partial charge is 0.329 e. The maximum absolute atomic E-state index is 6.27. The van der Waals surface area contributed by atoms with E-state index >= 15 is 0 Å². The zero-order valence-corrected chi connectivity index (χ0v) is 13.3.